The van der Waals surface area contributed by atoms with Gasteiger partial charge in [0.05, 0.1) is 6.61 Å². The molecule has 1 rings (SSSR count). The van der Waals surface area contributed by atoms with Gasteiger partial charge in [0.25, 0.3) is 0 Å². The molecule has 2 nitrogen and oxygen atoms in total. The Morgan fingerprint density at radius 1 is 1.10 bits per heavy atom. The third-order valence-electron chi connectivity index (χ3n) is 3.38. The lowest BCUT2D eigenvalue weighted by Crippen LogP contribution is -2.39. The maximum Gasteiger partial charge on any atom is 0.421 e. The van der Waals surface area contributed by atoms with Crippen molar-refractivity contribution in [2.75, 3.05) is 6.61 Å². The monoisotopic (exact) mass is 304 g/mol. The van der Waals surface area contributed by atoms with Crippen LogP contribution in [0.2, 0.25) is 0 Å². The highest BCUT2D eigenvalue weighted by Gasteiger charge is 2.52. The second-order valence-corrected chi connectivity index (χ2v) is 6.38. The second kappa shape index (κ2) is 5.87. The van der Waals surface area contributed by atoms with E-state index in [-0.39, 0.29) is 16.7 Å². The minimum absolute atomic E-state index is 0.0761. The van der Waals surface area contributed by atoms with Gasteiger partial charge in [-0.3, -0.25) is 0 Å². The number of halogens is 3. The van der Waals surface area contributed by atoms with Crippen LogP contribution in [0.25, 0.3) is 0 Å². The van der Waals surface area contributed by atoms with E-state index in [1.165, 1.54) is 12.1 Å². The maximum absolute atomic E-state index is 13.1. The Kier molecular flexibility index (Phi) is 4.98. The summed E-state index contributed by atoms with van der Waals surface area (Å²) < 4.78 is 44.8. The average Bonchev–Trinajstić information content (AvgIpc) is 2.33. The molecule has 1 atom stereocenters. The van der Waals surface area contributed by atoms with Crippen LogP contribution in [0, 0.1) is 0 Å². The van der Waals surface area contributed by atoms with Crippen LogP contribution in [0.15, 0.2) is 18.2 Å². The Balaban J connectivity index is 3.42. The van der Waals surface area contributed by atoms with Crippen molar-refractivity contribution in [3.63, 3.8) is 0 Å². The standard InChI is InChI=1S/C16H23F3O2/c1-6-9-21-13-8-7-11(14(2,3)4)10-12(13)15(5,20)16(17,18)19/h7-8,10,20H,6,9H2,1-5H3. The van der Waals surface area contributed by atoms with Gasteiger partial charge in [0.2, 0.25) is 0 Å². The summed E-state index contributed by atoms with van der Waals surface area (Å²) >= 11 is 0. The molecule has 5 heteroatoms. The van der Waals surface area contributed by atoms with E-state index < -0.39 is 11.8 Å². The van der Waals surface area contributed by atoms with Crippen molar-refractivity contribution in [2.24, 2.45) is 0 Å². The first-order valence-corrected chi connectivity index (χ1v) is 6.98. The van der Waals surface area contributed by atoms with Gasteiger partial charge in [-0.05, 0) is 36.5 Å². The fraction of sp³-hybridized carbons (Fsp3) is 0.625. The molecule has 0 saturated heterocycles. The van der Waals surface area contributed by atoms with Gasteiger partial charge in [0.1, 0.15) is 5.75 Å². The van der Waals surface area contributed by atoms with Gasteiger partial charge in [-0.25, -0.2) is 0 Å². The molecule has 1 unspecified atom stereocenters. The highest BCUT2D eigenvalue weighted by atomic mass is 19.4. The van der Waals surface area contributed by atoms with Crippen molar-refractivity contribution in [3.8, 4) is 5.75 Å². The fourth-order valence-electron chi connectivity index (χ4n) is 1.87. The van der Waals surface area contributed by atoms with Crippen molar-refractivity contribution < 1.29 is 23.0 Å². The molecular weight excluding hydrogens is 281 g/mol. The molecule has 0 radical (unpaired) electrons. The Morgan fingerprint density at radius 2 is 1.67 bits per heavy atom. The lowest BCUT2D eigenvalue weighted by Gasteiger charge is -2.30. The summed E-state index contributed by atoms with van der Waals surface area (Å²) in [6.45, 7) is 8.64. The van der Waals surface area contributed by atoms with E-state index in [1.54, 1.807) is 6.07 Å². The zero-order valence-corrected chi connectivity index (χ0v) is 13.1. The van der Waals surface area contributed by atoms with Gasteiger partial charge < -0.3 is 9.84 Å². The first-order valence-electron chi connectivity index (χ1n) is 6.98. The first-order chi connectivity index (χ1) is 9.41. The number of benzene rings is 1. The molecule has 1 aromatic carbocycles. The maximum atomic E-state index is 13.1. The minimum Gasteiger partial charge on any atom is -0.493 e. The predicted octanol–water partition coefficient (Wildman–Crippen LogP) is 4.54. The number of hydrogen-bond donors (Lipinski definition) is 1. The van der Waals surface area contributed by atoms with Crippen molar-refractivity contribution in [1.82, 2.24) is 0 Å². The molecule has 0 aliphatic carbocycles. The van der Waals surface area contributed by atoms with Gasteiger partial charge in [-0.2, -0.15) is 13.2 Å². The second-order valence-electron chi connectivity index (χ2n) is 6.38. The van der Waals surface area contributed by atoms with Crippen LogP contribution in [0.3, 0.4) is 0 Å². The summed E-state index contributed by atoms with van der Waals surface area (Å²) in [7, 11) is 0. The molecule has 0 fully saturated rings. The molecule has 21 heavy (non-hydrogen) atoms. The highest BCUT2D eigenvalue weighted by Crippen LogP contribution is 2.43. The Labute approximate surface area is 123 Å². The van der Waals surface area contributed by atoms with E-state index in [0.717, 1.165) is 6.92 Å². The van der Waals surface area contributed by atoms with Crippen LogP contribution in [0.5, 0.6) is 5.75 Å². The molecule has 0 aliphatic rings. The van der Waals surface area contributed by atoms with Crippen LogP contribution in [-0.2, 0) is 11.0 Å². The fourth-order valence-corrected chi connectivity index (χ4v) is 1.87. The van der Waals surface area contributed by atoms with Crippen molar-refractivity contribution >= 4 is 0 Å². The summed E-state index contributed by atoms with van der Waals surface area (Å²) in [5.74, 6) is 0.0761. The van der Waals surface area contributed by atoms with Gasteiger partial charge in [0, 0.05) is 5.56 Å². The van der Waals surface area contributed by atoms with E-state index in [1.807, 2.05) is 27.7 Å². The Bertz CT molecular complexity index is 485. The molecule has 0 amide bonds. The van der Waals surface area contributed by atoms with Crippen LogP contribution in [0.1, 0.15) is 52.2 Å². The molecule has 0 bridgehead atoms. The van der Waals surface area contributed by atoms with E-state index in [4.69, 9.17) is 4.74 Å². The highest BCUT2D eigenvalue weighted by molar-refractivity contribution is 5.43. The summed E-state index contributed by atoms with van der Waals surface area (Å²) in [6, 6.07) is 4.63. The molecule has 1 aromatic rings. The molecular formula is C16H23F3O2. The van der Waals surface area contributed by atoms with Crippen LogP contribution < -0.4 is 4.74 Å². The number of alkyl halides is 3. The molecule has 0 saturated carbocycles. The van der Waals surface area contributed by atoms with Crippen LogP contribution in [0.4, 0.5) is 13.2 Å². The van der Waals surface area contributed by atoms with Crippen LogP contribution >= 0.6 is 0 Å². The number of rotatable bonds is 4. The molecule has 1 N–H and O–H groups in total. The SMILES string of the molecule is CCCOc1ccc(C(C)(C)C)cc1C(C)(O)C(F)(F)F. The molecule has 0 aromatic heterocycles. The normalized spacial score (nSPS) is 15.7. The smallest absolute Gasteiger partial charge is 0.421 e. The number of hydrogen-bond acceptors (Lipinski definition) is 2. The van der Waals surface area contributed by atoms with Crippen molar-refractivity contribution in [2.45, 2.75) is 58.2 Å². The Hall–Kier alpha value is -1.23. The van der Waals surface area contributed by atoms with Gasteiger partial charge in [-0.15, -0.1) is 0 Å². The topological polar surface area (TPSA) is 29.5 Å². The largest absolute Gasteiger partial charge is 0.493 e. The van der Waals surface area contributed by atoms with Crippen molar-refractivity contribution in [3.05, 3.63) is 29.3 Å². The number of aliphatic hydroxyl groups is 1. The first kappa shape index (κ1) is 17.8. The quantitative estimate of drug-likeness (QED) is 0.884. The zero-order valence-electron chi connectivity index (χ0n) is 13.1. The summed E-state index contributed by atoms with van der Waals surface area (Å²) in [5, 5.41) is 9.99. The lowest BCUT2D eigenvalue weighted by molar-refractivity contribution is -0.259. The van der Waals surface area contributed by atoms with Gasteiger partial charge >= 0.3 is 6.18 Å². The summed E-state index contributed by atoms with van der Waals surface area (Å²) in [4.78, 5) is 0. The van der Waals surface area contributed by atoms with E-state index in [2.05, 4.69) is 0 Å². The predicted molar refractivity (Wildman–Crippen MR) is 76.6 cm³/mol. The van der Waals surface area contributed by atoms with Crippen LogP contribution in [-0.4, -0.2) is 17.9 Å². The summed E-state index contributed by atoms with van der Waals surface area (Å²) in [5.41, 5.74) is -2.79. The molecule has 0 spiro atoms. The minimum atomic E-state index is -4.77. The number of ether oxygens (including phenoxy) is 1. The van der Waals surface area contributed by atoms with E-state index in [9.17, 15) is 18.3 Å². The zero-order chi connectivity index (χ0) is 16.5. The van der Waals surface area contributed by atoms with Gasteiger partial charge in [-0.1, -0.05) is 33.8 Å². The lowest BCUT2D eigenvalue weighted by atomic mass is 9.83. The third-order valence-corrected chi connectivity index (χ3v) is 3.38. The summed E-state index contributed by atoms with van der Waals surface area (Å²) in [6.07, 6.45) is -4.09. The molecule has 120 valence electrons. The average molecular weight is 304 g/mol. The molecule has 0 aliphatic heterocycles. The van der Waals surface area contributed by atoms with Gasteiger partial charge in [0.15, 0.2) is 5.60 Å². The molecule has 0 heterocycles. The van der Waals surface area contributed by atoms with E-state index >= 15 is 0 Å². The third kappa shape index (κ3) is 3.90. The van der Waals surface area contributed by atoms with E-state index in [0.29, 0.717) is 18.6 Å². The Morgan fingerprint density at radius 3 is 2.10 bits per heavy atom. The van der Waals surface area contributed by atoms with Crippen molar-refractivity contribution in [1.29, 1.82) is 0 Å².